The third kappa shape index (κ3) is 3.06. The summed E-state index contributed by atoms with van der Waals surface area (Å²) in [6, 6.07) is 0. The monoisotopic (exact) mass is 224 g/mol. The van der Waals surface area contributed by atoms with E-state index in [-0.39, 0.29) is 11.4 Å². The van der Waals surface area contributed by atoms with Gasteiger partial charge in [-0.25, -0.2) is 4.98 Å². The van der Waals surface area contributed by atoms with Crippen molar-refractivity contribution in [3.8, 4) is 0 Å². The van der Waals surface area contributed by atoms with Crippen molar-refractivity contribution in [2.24, 2.45) is 0 Å². The molecule has 0 radical (unpaired) electrons. The van der Waals surface area contributed by atoms with Crippen LogP contribution >= 0.6 is 0 Å². The molecule has 0 aliphatic heterocycles. The van der Waals surface area contributed by atoms with Crippen molar-refractivity contribution in [3.63, 3.8) is 0 Å². The first-order chi connectivity index (χ1) is 7.47. The standard InChI is InChI=1S/C11H20N4O/c1-9(16)14-5-6-15-8-13-7-10(15)11(2,3)12-4/h7-8,12H,5-6H2,1-4H3,(H,14,16). The van der Waals surface area contributed by atoms with Crippen molar-refractivity contribution in [3.05, 3.63) is 18.2 Å². The van der Waals surface area contributed by atoms with Crippen molar-refractivity contribution < 1.29 is 4.79 Å². The van der Waals surface area contributed by atoms with E-state index in [1.807, 2.05) is 17.8 Å². The predicted molar refractivity (Wildman–Crippen MR) is 63.0 cm³/mol. The Morgan fingerprint density at radius 1 is 1.56 bits per heavy atom. The Balaban J connectivity index is 2.67. The maximum atomic E-state index is 10.8. The summed E-state index contributed by atoms with van der Waals surface area (Å²) in [5, 5.41) is 6.01. The zero-order valence-electron chi connectivity index (χ0n) is 10.4. The van der Waals surface area contributed by atoms with E-state index in [9.17, 15) is 4.79 Å². The number of amides is 1. The van der Waals surface area contributed by atoms with Gasteiger partial charge < -0.3 is 15.2 Å². The fraction of sp³-hybridized carbons (Fsp3) is 0.636. The molecular formula is C11H20N4O. The average Bonchev–Trinajstić information content (AvgIpc) is 2.66. The largest absolute Gasteiger partial charge is 0.355 e. The molecule has 0 bridgehead atoms. The number of nitrogens with zero attached hydrogens (tertiary/aromatic N) is 2. The Morgan fingerprint density at radius 2 is 2.25 bits per heavy atom. The highest BCUT2D eigenvalue weighted by atomic mass is 16.1. The number of rotatable bonds is 5. The summed E-state index contributed by atoms with van der Waals surface area (Å²) < 4.78 is 2.05. The Kier molecular flexibility index (Phi) is 4.06. The van der Waals surface area contributed by atoms with Crippen LogP contribution in [0.4, 0.5) is 0 Å². The first kappa shape index (κ1) is 12.7. The number of carbonyl (C=O) groups excluding carboxylic acids is 1. The summed E-state index contributed by atoms with van der Waals surface area (Å²) in [6.45, 7) is 7.07. The van der Waals surface area contributed by atoms with Crippen LogP contribution < -0.4 is 10.6 Å². The van der Waals surface area contributed by atoms with Crippen molar-refractivity contribution in [2.45, 2.75) is 32.9 Å². The maximum absolute atomic E-state index is 10.8. The minimum absolute atomic E-state index is 0.00505. The lowest BCUT2D eigenvalue weighted by Crippen LogP contribution is -2.36. The van der Waals surface area contributed by atoms with Crippen molar-refractivity contribution in [1.29, 1.82) is 0 Å². The molecular weight excluding hydrogens is 204 g/mol. The minimum atomic E-state index is -0.118. The van der Waals surface area contributed by atoms with Crippen molar-refractivity contribution >= 4 is 5.91 Å². The normalized spacial score (nSPS) is 11.5. The quantitative estimate of drug-likeness (QED) is 0.764. The number of nitrogens with one attached hydrogen (secondary N) is 2. The molecule has 2 N–H and O–H groups in total. The summed E-state index contributed by atoms with van der Waals surface area (Å²) >= 11 is 0. The highest BCUT2D eigenvalue weighted by molar-refractivity contribution is 5.72. The summed E-state index contributed by atoms with van der Waals surface area (Å²) in [5.74, 6) is -0.00505. The minimum Gasteiger partial charge on any atom is -0.355 e. The smallest absolute Gasteiger partial charge is 0.216 e. The summed E-state index contributed by atoms with van der Waals surface area (Å²) in [5.41, 5.74) is 0.993. The number of hydrogen-bond donors (Lipinski definition) is 2. The molecule has 1 aromatic heterocycles. The van der Waals surface area contributed by atoms with Gasteiger partial charge in [0.15, 0.2) is 0 Å². The molecule has 0 unspecified atom stereocenters. The van der Waals surface area contributed by atoms with Crippen LogP contribution in [0, 0.1) is 0 Å². The summed E-state index contributed by atoms with van der Waals surface area (Å²) in [4.78, 5) is 14.9. The van der Waals surface area contributed by atoms with Crippen LogP contribution in [0.25, 0.3) is 0 Å². The van der Waals surface area contributed by atoms with E-state index in [1.54, 1.807) is 6.33 Å². The topological polar surface area (TPSA) is 59.0 Å². The molecule has 0 aromatic carbocycles. The summed E-state index contributed by atoms with van der Waals surface area (Å²) in [7, 11) is 1.92. The van der Waals surface area contributed by atoms with Crippen LogP contribution in [-0.2, 0) is 16.9 Å². The van der Waals surface area contributed by atoms with E-state index in [0.29, 0.717) is 6.54 Å². The van der Waals surface area contributed by atoms with Gasteiger partial charge in [0.05, 0.1) is 17.6 Å². The molecule has 0 saturated heterocycles. The number of aromatic nitrogens is 2. The number of hydrogen-bond acceptors (Lipinski definition) is 3. The van der Waals surface area contributed by atoms with Crippen LogP contribution in [0.5, 0.6) is 0 Å². The van der Waals surface area contributed by atoms with E-state index >= 15 is 0 Å². The number of carbonyl (C=O) groups is 1. The molecule has 0 fully saturated rings. The molecule has 1 aromatic rings. The van der Waals surface area contributed by atoms with Gasteiger partial charge in [0.2, 0.25) is 5.91 Å². The SMILES string of the molecule is CNC(C)(C)c1cncn1CCNC(C)=O. The van der Waals surface area contributed by atoms with E-state index in [0.717, 1.165) is 12.2 Å². The average molecular weight is 224 g/mol. The Hall–Kier alpha value is -1.36. The van der Waals surface area contributed by atoms with Gasteiger partial charge in [0, 0.05) is 26.2 Å². The van der Waals surface area contributed by atoms with Crippen LogP contribution in [0.1, 0.15) is 26.5 Å². The molecule has 1 heterocycles. The second kappa shape index (κ2) is 5.12. The molecule has 5 nitrogen and oxygen atoms in total. The van der Waals surface area contributed by atoms with Crippen LogP contribution in [0.2, 0.25) is 0 Å². The lowest BCUT2D eigenvalue weighted by molar-refractivity contribution is -0.118. The molecule has 0 saturated carbocycles. The third-order valence-electron chi connectivity index (χ3n) is 2.70. The zero-order chi connectivity index (χ0) is 12.2. The van der Waals surface area contributed by atoms with E-state index in [4.69, 9.17) is 0 Å². The van der Waals surface area contributed by atoms with Crippen LogP contribution in [0.3, 0.4) is 0 Å². The van der Waals surface area contributed by atoms with E-state index < -0.39 is 0 Å². The molecule has 0 atom stereocenters. The highest BCUT2D eigenvalue weighted by Crippen LogP contribution is 2.18. The lowest BCUT2D eigenvalue weighted by atomic mass is 10.0. The van der Waals surface area contributed by atoms with Crippen molar-refractivity contribution in [2.75, 3.05) is 13.6 Å². The Bertz CT molecular complexity index is 357. The van der Waals surface area contributed by atoms with E-state index in [2.05, 4.69) is 29.5 Å². The molecule has 1 amide bonds. The van der Waals surface area contributed by atoms with E-state index in [1.165, 1.54) is 6.92 Å². The number of imidazole rings is 1. The molecule has 1 rings (SSSR count). The van der Waals surface area contributed by atoms with Gasteiger partial charge in [0.25, 0.3) is 0 Å². The molecule has 0 aliphatic carbocycles. The first-order valence-electron chi connectivity index (χ1n) is 5.41. The zero-order valence-corrected chi connectivity index (χ0v) is 10.4. The molecule has 90 valence electrons. The third-order valence-corrected chi connectivity index (χ3v) is 2.70. The predicted octanol–water partition coefficient (Wildman–Crippen LogP) is 0.474. The lowest BCUT2D eigenvalue weighted by Gasteiger charge is -2.25. The Morgan fingerprint density at radius 3 is 2.81 bits per heavy atom. The molecule has 0 spiro atoms. The van der Waals surface area contributed by atoms with Gasteiger partial charge >= 0.3 is 0 Å². The Labute approximate surface area is 96.3 Å². The van der Waals surface area contributed by atoms with Crippen molar-refractivity contribution in [1.82, 2.24) is 20.2 Å². The molecule has 16 heavy (non-hydrogen) atoms. The molecule has 5 heteroatoms. The van der Waals surface area contributed by atoms with Crippen LogP contribution in [-0.4, -0.2) is 29.1 Å². The van der Waals surface area contributed by atoms with Gasteiger partial charge in [-0.3, -0.25) is 4.79 Å². The van der Waals surface area contributed by atoms with Gasteiger partial charge in [-0.2, -0.15) is 0 Å². The van der Waals surface area contributed by atoms with Gasteiger partial charge in [-0.05, 0) is 20.9 Å². The molecule has 0 aliphatic rings. The fourth-order valence-corrected chi connectivity index (χ4v) is 1.50. The van der Waals surface area contributed by atoms with Gasteiger partial charge in [-0.15, -0.1) is 0 Å². The van der Waals surface area contributed by atoms with Crippen LogP contribution in [0.15, 0.2) is 12.5 Å². The first-order valence-corrected chi connectivity index (χ1v) is 5.41. The highest BCUT2D eigenvalue weighted by Gasteiger charge is 2.21. The second-order valence-electron chi connectivity index (χ2n) is 4.33. The van der Waals surface area contributed by atoms with Gasteiger partial charge in [-0.1, -0.05) is 0 Å². The summed E-state index contributed by atoms with van der Waals surface area (Å²) in [6.07, 6.45) is 3.64. The van der Waals surface area contributed by atoms with Gasteiger partial charge in [0.1, 0.15) is 0 Å². The fourth-order valence-electron chi connectivity index (χ4n) is 1.50. The maximum Gasteiger partial charge on any atom is 0.216 e. The second-order valence-corrected chi connectivity index (χ2v) is 4.33.